The van der Waals surface area contributed by atoms with Crippen LogP contribution in [0.25, 0.3) is 11.1 Å². The van der Waals surface area contributed by atoms with Gasteiger partial charge in [0.2, 0.25) is 0 Å². The van der Waals surface area contributed by atoms with Crippen LogP contribution in [0, 0.1) is 13.8 Å². The van der Waals surface area contributed by atoms with Gasteiger partial charge >= 0.3 is 5.97 Å². The average molecular weight is 453 g/mol. The van der Waals surface area contributed by atoms with E-state index in [1.807, 2.05) is 38.3 Å². The molecule has 1 heterocycles. The van der Waals surface area contributed by atoms with E-state index in [1.54, 1.807) is 25.1 Å². The van der Waals surface area contributed by atoms with Crippen molar-refractivity contribution in [2.75, 3.05) is 24.3 Å². The zero-order valence-electron chi connectivity index (χ0n) is 18.8. The number of benzene rings is 2. The maximum Gasteiger partial charge on any atom is 0.341 e. The fourth-order valence-electron chi connectivity index (χ4n) is 3.38. The van der Waals surface area contributed by atoms with Gasteiger partial charge in [-0.05, 0) is 56.5 Å². The highest BCUT2D eigenvalue weighted by atomic mass is 32.1. The highest BCUT2D eigenvalue weighted by Gasteiger charge is 2.24. The van der Waals surface area contributed by atoms with Gasteiger partial charge in [0, 0.05) is 16.5 Å². The first-order valence-corrected chi connectivity index (χ1v) is 11.4. The summed E-state index contributed by atoms with van der Waals surface area (Å²) < 4.78 is 10.9. The Morgan fingerprint density at radius 3 is 2.50 bits per heavy atom. The highest BCUT2D eigenvalue weighted by molar-refractivity contribution is 7.15. The molecule has 1 amide bonds. The molecule has 0 bridgehead atoms. The zero-order chi connectivity index (χ0) is 23.3. The Labute approximate surface area is 192 Å². The zero-order valence-corrected chi connectivity index (χ0v) is 19.6. The fraction of sp³-hybridized carbons (Fsp3) is 0.280. The number of esters is 1. The van der Waals surface area contributed by atoms with Crippen LogP contribution in [0.4, 0.5) is 10.7 Å². The largest absolute Gasteiger partial charge is 0.491 e. The van der Waals surface area contributed by atoms with E-state index in [2.05, 4.69) is 11.4 Å². The Balaban J connectivity index is 1.94. The van der Waals surface area contributed by atoms with E-state index in [9.17, 15) is 9.59 Å². The van der Waals surface area contributed by atoms with Crippen molar-refractivity contribution in [2.45, 2.75) is 34.1 Å². The van der Waals surface area contributed by atoms with Gasteiger partial charge in [0.05, 0.1) is 18.9 Å². The van der Waals surface area contributed by atoms with Crippen molar-refractivity contribution in [3.05, 3.63) is 64.0 Å². The molecule has 7 heteroatoms. The lowest BCUT2D eigenvalue weighted by molar-refractivity contribution is 0.0529. The summed E-state index contributed by atoms with van der Waals surface area (Å²) in [7, 11) is 0. The van der Waals surface area contributed by atoms with Crippen LogP contribution in [0.2, 0.25) is 0 Å². The number of rotatable bonds is 8. The lowest BCUT2D eigenvalue weighted by Gasteiger charge is -2.12. The number of nitrogen functional groups attached to an aromatic ring is 1. The number of carbonyl (C=O) groups excluding carboxylic acids is 2. The van der Waals surface area contributed by atoms with Crippen LogP contribution in [0.15, 0.2) is 41.8 Å². The van der Waals surface area contributed by atoms with Crippen molar-refractivity contribution in [3.63, 3.8) is 0 Å². The van der Waals surface area contributed by atoms with Crippen LogP contribution in [-0.2, 0) is 4.74 Å². The fourth-order valence-corrected chi connectivity index (χ4v) is 4.32. The molecule has 0 atom stereocenters. The number of carbonyl (C=O) groups is 2. The van der Waals surface area contributed by atoms with Gasteiger partial charge in [0.25, 0.3) is 5.91 Å². The van der Waals surface area contributed by atoms with Crippen LogP contribution in [0.3, 0.4) is 0 Å². The topological polar surface area (TPSA) is 90.6 Å². The van der Waals surface area contributed by atoms with Crippen molar-refractivity contribution in [1.82, 2.24) is 0 Å². The second kappa shape index (κ2) is 10.3. The molecule has 0 aliphatic carbocycles. The monoisotopic (exact) mass is 452 g/mol. The van der Waals surface area contributed by atoms with Gasteiger partial charge in [-0.25, -0.2) is 4.79 Å². The van der Waals surface area contributed by atoms with Gasteiger partial charge in [0.1, 0.15) is 16.3 Å². The molecular formula is C25H28N2O4S. The summed E-state index contributed by atoms with van der Waals surface area (Å²) >= 11 is 1.29. The molecule has 2 aromatic carbocycles. The lowest BCUT2D eigenvalue weighted by Crippen LogP contribution is -2.15. The van der Waals surface area contributed by atoms with Gasteiger partial charge in [-0.15, -0.1) is 11.3 Å². The van der Waals surface area contributed by atoms with E-state index in [1.165, 1.54) is 11.3 Å². The molecule has 6 nitrogen and oxygen atoms in total. The first-order chi connectivity index (χ1) is 15.3. The van der Waals surface area contributed by atoms with Crippen molar-refractivity contribution < 1.29 is 19.1 Å². The van der Waals surface area contributed by atoms with Crippen LogP contribution in [-0.4, -0.2) is 25.1 Å². The number of hydrogen-bond donors (Lipinski definition) is 2. The molecule has 0 radical (unpaired) electrons. The van der Waals surface area contributed by atoms with Crippen LogP contribution < -0.4 is 15.8 Å². The number of anilines is 2. The molecule has 0 aliphatic rings. The maximum absolute atomic E-state index is 12.9. The van der Waals surface area contributed by atoms with E-state index in [0.29, 0.717) is 34.2 Å². The molecule has 3 N–H and O–H groups in total. The third-order valence-corrected chi connectivity index (χ3v) is 5.80. The second-order valence-corrected chi connectivity index (χ2v) is 8.33. The van der Waals surface area contributed by atoms with Crippen molar-refractivity contribution in [3.8, 4) is 16.9 Å². The normalized spacial score (nSPS) is 10.6. The summed E-state index contributed by atoms with van der Waals surface area (Å²) in [5.74, 6) is -0.288. The van der Waals surface area contributed by atoms with Gasteiger partial charge in [0.15, 0.2) is 0 Å². The minimum atomic E-state index is -0.471. The first kappa shape index (κ1) is 23.3. The SMILES string of the molecule is CCCOc1ccc(C(=O)Nc2scc(-c3ccc(C)cc3C)c2C(=O)OCC)cc1N. The minimum absolute atomic E-state index is 0.240. The Morgan fingerprint density at radius 1 is 1.06 bits per heavy atom. The van der Waals surface area contributed by atoms with E-state index >= 15 is 0 Å². The summed E-state index contributed by atoms with van der Waals surface area (Å²) in [5, 5.41) is 5.17. The number of hydrogen-bond acceptors (Lipinski definition) is 6. The summed E-state index contributed by atoms with van der Waals surface area (Å²) in [6.45, 7) is 8.57. The molecule has 0 fully saturated rings. The molecule has 0 saturated heterocycles. The van der Waals surface area contributed by atoms with Crippen LogP contribution in [0.5, 0.6) is 5.75 Å². The molecule has 3 aromatic rings. The number of nitrogens with two attached hydrogens (primary N) is 1. The summed E-state index contributed by atoms with van der Waals surface area (Å²) in [6.07, 6.45) is 0.861. The van der Waals surface area contributed by atoms with Crippen LogP contribution in [0.1, 0.15) is 52.1 Å². The predicted octanol–water partition coefficient (Wildman–Crippen LogP) is 5.83. The molecule has 0 spiro atoms. The van der Waals surface area contributed by atoms with Crippen molar-refractivity contribution in [1.29, 1.82) is 0 Å². The molecule has 0 unspecified atom stereocenters. The smallest absolute Gasteiger partial charge is 0.341 e. The number of thiophene rings is 1. The summed E-state index contributed by atoms with van der Waals surface area (Å²) in [6, 6.07) is 10.9. The standard InChI is InChI=1S/C25H28N2O4S/c1-5-11-31-21-10-8-17(13-20(21)26)23(28)27-24-22(25(29)30-6-2)19(14-32-24)18-9-7-15(3)12-16(18)4/h7-10,12-14H,5-6,11,26H2,1-4H3,(H,27,28). The Morgan fingerprint density at radius 2 is 1.84 bits per heavy atom. The highest BCUT2D eigenvalue weighted by Crippen LogP contribution is 2.38. The number of amides is 1. The van der Waals surface area contributed by atoms with E-state index in [4.69, 9.17) is 15.2 Å². The first-order valence-electron chi connectivity index (χ1n) is 10.6. The van der Waals surface area contributed by atoms with Crippen molar-refractivity contribution in [2.24, 2.45) is 0 Å². The molecule has 1 aromatic heterocycles. The Kier molecular flexibility index (Phi) is 7.53. The number of aryl methyl sites for hydroxylation is 2. The van der Waals surface area contributed by atoms with Crippen molar-refractivity contribution >= 4 is 33.9 Å². The third-order valence-electron chi connectivity index (χ3n) is 4.90. The molecule has 0 aliphatic heterocycles. The molecular weight excluding hydrogens is 424 g/mol. The third kappa shape index (κ3) is 5.11. The van der Waals surface area contributed by atoms with Crippen LogP contribution >= 0.6 is 11.3 Å². The van der Waals surface area contributed by atoms with E-state index in [-0.39, 0.29) is 12.5 Å². The van der Waals surface area contributed by atoms with E-state index < -0.39 is 5.97 Å². The lowest BCUT2D eigenvalue weighted by atomic mass is 9.97. The molecule has 168 valence electrons. The Hall–Kier alpha value is -3.32. The van der Waals surface area contributed by atoms with Gasteiger partial charge in [-0.3, -0.25) is 4.79 Å². The minimum Gasteiger partial charge on any atom is -0.491 e. The maximum atomic E-state index is 12.9. The van der Waals surface area contributed by atoms with Gasteiger partial charge in [-0.1, -0.05) is 30.7 Å². The van der Waals surface area contributed by atoms with Gasteiger partial charge in [-0.2, -0.15) is 0 Å². The Bertz CT molecular complexity index is 1140. The second-order valence-electron chi connectivity index (χ2n) is 7.45. The number of nitrogens with one attached hydrogen (secondary N) is 1. The predicted molar refractivity (Wildman–Crippen MR) is 130 cm³/mol. The van der Waals surface area contributed by atoms with Gasteiger partial charge < -0.3 is 20.5 Å². The molecule has 0 saturated carbocycles. The number of ether oxygens (including phenoxy) is 2. The molecule has 3 rings (SSSR count). The average Bonchev–Trinajstić information content (AvgIpc) is 3.16. The van der Waals surface area contributed by atoms with E-state index in [0.717, 1.165) is 28.7 Å². The summed E-state index contributed by atoms with van der Waals surface area (Å²) in [5.41, 5.74) is 11.0. The quantitative estimate of drug-likeness (QED) is 0.331. The summed E-state index contributed by atoms with van der Waals surface area (Å²) in [4.78, 5) is 25.7. The molecule has 32 heavy (non-hydrogen) atoms.